The average Bonchev–Trinajstić information content (AvgIpc) is 2.39. The van der Waals surface area contributed by atoms with Gasteiger partial charge in [-0.3, -0.25) is 4.79 Å². The Bertz CT molecular complexity index is 535. The summed E-state index contributed by atoms with van der Waals surface area (Å²) < 4.78 is 5.54. The van der Waals surface area contributed by atoms with E-state index < -0.39 is 5.91 Å². The van der Waals surface area contributed by atoms with Gasteiger partial charge in [0.1, 0.15) is 17.4 Å². The minimum atomic E-state index is -0.501. The highest BCUT2D eigenvalue weighted by Gasteiger charge is 2.09. The van der Waals surface area contributed by atoms with Crippen LogP contribution in [0.4, 0.5) is 0 Å². The largest absolute Gasteiger partial charge is 0.507 e. The number of amides is 1. The summed E-state index contributed by atoms with van der Waals surface area (Å²) in [5, 5.41) is 21.2. The average molecular weight is 325 g/mol. The number of phenolic OH excluding ortho intramolecular Hbond substituents is 1. The SMILES string of the molecule is COCCNC(=O)/C(C#N)=C/c1cc(Br)ccc1O. The Kier molecular flexibility index (Phi) is 6.06. The fourth-order valence-corrected chi connectivity index (χ4v) is 1.69. The van der Waals surface area contributed by atoms with Crippen LogP contribution in [0.25, 0.3) is 6.08 Å². The van der Waals surface area contributed by atoms with Gasteiger partial charge in [-0.15, -0.1) is 0 Å². The van der Waals surface area contributed by atoms with Crippen LogP contribution in [-0.4, -0.2) is 31.3 Å². The molecule has 0 fully saturated rings. The molecule has 0 aromatic heterocycles. The Morgan fingerprint density at radius 2 is 2.37 bits per heavy atom. The molecule has 1 aromatic rings. The smallest absolute Gasteiger partial charge is 0.262 e. The number of ether oxygens (including phenoxy) is 1. The third-order valence-corrected chi connectivity index (χ3v) is 2.74. The van der Waals surface area contributed by atoms with Gasteiger partial charge >= 0.3 is 0 Å². The lowest BCUT2D eigenvalue weighted by atomic mass is 10.1. The van der Waals surface area contributed by atoms with Gasteiger partial charge in [0.15, 0.2) is 0 Å². The number of carbonyl (C=O) groups excluding carboxylic acids is 1. The van der Waals surface area contributed by atoms with E-state index in [1.54, 1.807) is 18.2 Å². The fourth-order valence-electron chi connectivity index (χ4n) is 1.31. The van der Waals surface area contributed by atoms with E-state index in [9.17, 15) is 9.90 Å². The first-order valence-corrected chi connectivity index (χ1v) is 6.25. The van der Waals surface area contributed by atoms with Crippen molar-refractivity contribution < 1.29 is 14.6 Å². The summed E-state index contributed by atoms with van der Waals surface area (Å²) in [6, 6.07) is 6.57. The molecule has 0 atom stereocenters. The van der Waals surface area contributed by atoms with Gasteiger partial charge in [0.2, 0.25) is 0 Å². The summed E-state index contributed by atoms with van der Waals surface area (Å²) >= 11 is 3.26. The Hall–Kier alpha value is -1.84. The molecule has 6 heteroatoms. The summed E-state index contributed by atoms with van der Waals surface area (Å²) in [4.78, 5) is 11.7. The van der Waals surface area contributed by atoms with Gasteiger partial charge in [0.05, 0.1) is 6.61 Å². The highest BCUT2D eigenvalue weighted by molar-refractivity contribution is 9.10. The van der Waals surface area contributed by atoms with Gasteiger partial charge in [-0.2, -0.15) is 5.26 Å². The van der Waals surface area contributed by atoms with Crippen LogP contribution in [0.1, 0.15) is 5.56 Å². The molecule has 100 valence electrons. The molecule has 0 radical (unpaired) electrons. The summed E-state index contributed by atoms with van der Waals surface area (Å²) in [6.07, 6.45) is 1.34. The second-order valence-electron chi connectivity index (χ2n) is 3.62. The maximum absolute atomic E-state index is 11.7. The van der Waals surface area contributed by atoms with Crippen LogP contribution < -0.4 is 5.32 Å². The number of hydrogen-bond donors (Lipinski definition) is 2. The third-order valence-electron chi connectivity index (χ3n) is 2.25. The Labute approximate surface area is 119 Å². The summed E-state index contributed by atoms with van der Waals surface area (Å²) in [5.74, 6) is -0.500. The topological polar surface area (TPSA) is 82.3 Å². The van der Waals surface area contributed by atoms with Crippen molar-refractivity contribution in [2.75, 3.05) is 20.3 Å². The molecule has 0 aliphatic heterocycles. The molecule has 0 spiro atoms. The van der Waals surface area contributed by atoms with Gasteiger partial charge in [0.25, 0.3) is 5.91 Å². The molecular formula is C13H13BrN2O3. The number of hydrogen-bond acceptors (Lipinski definition) is 4. The van der Waals surface area contributed by atoms with E-state index in [1.807, 2.05) is 0 Å². The van der Waals surface area contributed by atoms with Crippen molar-refractivity contribution in [2.45, 2.75) is 0 Å². The van der Waals surface area contributed by atoms with Crippen molar-refractivity contribution in [3.05, 3.63) is 33.8 Å². The monoisotopic (exact) mass is 324 g/mol. The lowest BCUT2D eigenvalue weighted by Gasteiger charge is -2.04. The minimum Gasteiger partial charge on any atom is -0.507 e. The lowest BCUT2D eigenvalue weighted by molar-refractivity contribution is -0.117. The predicted molar refractivity (Wildman–Crippen MR) is 74.3 cm³/mol. The van der Waals surface area contributed by atoms with Crippen LogP contribution in [0.2, 0.25) is 0 Å². The zero-order valence-electron chi connectivity index (χ0n) is 10.3. The molecule has 0 bridgehead atoms. The first-order valence-electron chi connectivity index (χ1n) is 5.46. The molecule has 5 nitrogen and oxygen atoms in total. The zero-order chi connectivity index (χ0) is 14.3. The quantitative estimate of drug-likeness (QED) is 0.491. The van der Waals surface area contributed by atoms with E-state index in [-0.39, 0.29) is 11.3 Å². The number of halogens is 1. The third kappa shape index (κ3) is 4.73. The van der Waals surface area contributed by atoms with Crippen LogP contribution in [0.15, 0.2) is 28.2 Å². The van der Waals surface area contributed by atoms with Crippen molar-refractivity contribution in [3.8, 4) is 11.8 Å². The van der Waals surface area contributed by atoms with Gasteiger partial charge < -0.3 is 15.2 Å². The molecule has 2 N–H and O–H groups in total. The zero-order valence-corrected chi connectivity index (χ0v) is 11.9. The van der Waals surface area contributed by atoms with E-state index in [0.29, 0.717) is 18.7 Å². The van der Waals surface area contributed by atoms with Crippen molar-refractivity contribution in [3.63, 3.8) is 0 Å². The second-order valence-corrected chi connectivity index (χ2v) is 4.54. The highest BCUT2D eigenvalue weighted by Crippen LogP contribution is 2.24. The number of nitrogens with zero attached hydrogens (tertiary/aromatic N) is 1. The van der Waals surface area contributed by atoms with Gasteiger partial charge in [-0.25, -0.2) is 0 Å². The van der Waals surface area contributed by atoms with E-state index >= 15 is 0 Å². The molecule has 1 rings (SSSR count). The van der Waals surface area contributed by atoms with Gasteiger partial charge in [0, 0.05) is 23.7 Å². The highest BCUT2D eigenvalue weighted by atomic mass is 79.9. The number of carbonyl (C=O) groups is 1. The minimum absolute atomic E-state index is 0.000594. The van der Waals surface area contributed by atoms with Crippen molar-refractivity contribution in [2.24, 2.45) is 0 Å². The Morgan fingerprint density at radius 1 is 1.63 bits per heavy atom. The Morgan fingerprint density at radius 3 is 3.00 bits per heavy atom. The number of methoxy groups -OCH3 is 1. The standard InChI is InChI=1S/C13H13BrN2O3/c1-19-5-4-16-13(18)10(8-15)6-9-7-11(14)2-3-12(9)17/h2-3,6-7,17H,4-5H2,1H3,(H,16,18)/b10-6+. The molecular weight excluding hydrogens is 312 g/mol. The predicted octanol–water partition coefficient (Wildman–Crippen LogP) is 1.82. The van der Waals surface area contributed by atoms with Crippen molar-refractivity contribution in [1.29, 1.82) is 5.26 Å². The van der Waals surface area contributed by atoms with Crippen molar-refractivity contribution >= 4 is 27.9 Å². The molecule has 1 amide bonds. The van der Waals surface area contributed by atoms with Crippen LogP contribution in [0, 0.1) is 11.3 Å². The first-order chi connectivity index (χ1) is 9.08. The van der Waals surface area contributed by atoms with Gasteiger partial charge in [-0.1, -0.05) is 15.9 Å². The Balaban J connectivity index is 2.90. The number of nitrogens with one attached hydrogen (secondary N) is 1. The maximum atomic E-state index is 11.7. The molecule has 0 unspecified atom stereocenters. The molecule has 19 heavy (non-hydrogen) atoms. The molecule has 1 aromatic carbocycles. The second kappa shape index (κ2) is 7.56. The molecule has 0 saturated carbocycles. The van der Waals surface area contributed by atoms with Crippen molar-refractivity contribution in [1.82, 2.24) is 5.32 Å². The number of aromatic hydroxyl groups is 1. The normalized spacial score (nSPS) is 10.9. The summed E-state index contributed by atoms with van der Waals surface area (Å²) in [7, 11) is 1.52. The molecule has 0 aliphatic carbocycles. The van der Waals surface area contributed by atoms with Crippen LogP contribution in [-0.2, 0) is 9.53 Å². The maximum Gasteiger partial charge on any atom is 0.262 e. The summed E-state index contributed by atoms with van der Waals surface area (Å²) in [6.45, 7) is 0.686. The number of rotatable bonds is 5. The fraction of sp³-hybridized carbons (Fsp3) is 0.231. The van der Waals surface area contributed by atoms with Crippen LogP contribution in [0.3, 0.4) is 0 Å². The van der Waals surface area contributed by atoms with E-state index in [0.717, 1.165) is 4.47 Å². The van der Waals surface area contributed by atoms with E-state index in [4.69, 9.17) is 10.00 Å². The van der Waals surface area contributed by atoms with Crippen LogP contribution >= 0.6 is 15.9 Å². The molecule has 0 saturated heterocycles. The number of nitriles is 1. The lowest BCUT2D eigenvalue weighted by Crippen LogP contribution is -2.27. The van der Waals surface area contributed by atoms with Crippen LogP contribution in [0.5, 0.6) is 5.75 Å². The first kappa shape index (κ1) is 15.2. The molecule has 0 heterocycles. The molecule has 0 aliphatic rings. The van der Waals surface area contributed by atoms with E-state index in [1.165, 1.54) is 19.3 Å². The van der Waals surface area contributed by atoms with E-state index in [2.05, 4.69) is 21.2 Å². The number of benzene rings is 1. The van der Waals surface area contributed by atoms with Gasteiger partial charge in [-0.05, 0) is 24.3 Å². The number of phenols is 1. The summed E-state index contributed by atoms with van der Waals surface area (Å²) in [5.41, 5.74) is 0.317.